The number of nitrogens with zero attached hydrogens (tertiary/aromatic N) is 6. The van der Waals surface area contributed by atoms with Crippen molar-refractivity contribution in [3.8, 4) is 5.95 Å². The van der Waals surface area contributed by atoms with Gasteiger partial charge in [0.15, 0.2) is 5.65 Å². The summed E-state index contributed by atoms with van der Waals surface area (Å²) in [6.45, 7) is 0.684. The van der Waals surface area contributed by atoms with Gasteiger partial charge in [-0.1, -0.05) is 30.3 Å². The molecule has 0 N–H and O–H groups in total. The minimum Gasteiger partial charge on any atom is -0.288 e. The fraction of sp³-hybridized carbons (Fsp3) is 0.0667. The smallest absolute Gasteiger partial charge is 0.233 e. The molecular weight excluding hydrogens is 264 g/mol. The lowest BCUT2D eigenvalue weighted by Crippen LogP contribution is -2.09. The lowest BCUT2D eigenvalue weighted by molar-refractivity contribution is 0.715. The van der Waals surface area contributed by atoms with E-state index in [4.69, 9.17) is 0 Å². The second kappa shape index (κ2) is 4.82. The Morgan fingerprint density at radius 3 is 2.76 bits per heavy atom. The maximum Gasteiger partial charge on any atom is 0.233 e. The summed E-state index contributed by atoms with van der Waals surface area (Å²) in [5.41, 5.74) is 2.75. The first-order valence-electron chi connectivity index (χ1n) is 6.62. The number of rotatable bonds is 3. The summed E-state index contributed by atoms with van der Waals surface area (Å²) in [6.07, 6.45) is 6.86. The maximum atomic E-state index is 4.59. The Morgan fingerprint density at radius 1 is 1.05 bits per heavy atom. The first-order chi connectivity index (χ1) is 10.4. The van der Waals surface area contributed by atoms with Crippen molar-refractivity contribution >= 4 is 11.2 Å². The van der Waals surface area contributed by atoms with Gasteiger partial charge < -0.3 is 0 Å². The van der Waals surface area contributed by atoms with E-state index in [-0.39, 0.29) is 0 Å². The molecule has 102 valence electrons. The molecular formula is C15H12N6. The number of hydrogen-bond donors (Lipinski definition) is 0. The molecule has 6 heteroatoms. The summed E-state index contributed by atoms with van der Waals surface area (Å²) in [5, 5.41) is 4.27. The van der Waals surface area contributed by atoms with Crippen molar-refractivity contribution in [3.05, 3.63) is 66.9 Å². The van der Waals surface area contributed by atoms with Crippen LogP contribution in [0.15, 0.2) is 61.3 Å². The molecule has 0 radical (unpaired) electrons. The Bertz CT molecular complexity index is 864. The SMILES string of the molecule is c1ccc(Cn2c(-n3cccn3)nc3cncnc32)cc1. The molecule has 0 bridgehead atoms. The molecule has 0 atom stereocenters. The molecule has 3 heterocycles. The van der Waals surface area contributed by atoms with Crippen LogP contribution in [-0.2, 0) is 6.54 Å². The van der Waals surface area contributed by atoms with Crippen molar-refractivity contribution in [2.75, 3.05) is 0 Å². The summed E-state index contributed by atoms with van der Waals surface area (Å²) in [5.74, 6) is 0.736. The third kappa shape index (κ3) is 2.06. The van der Waals surface area contributed by atoms with Gasteiger partial charge in [0.05, 0.1) is 12.7 Å². The molecule has 0 amide bonds. The van der Waals surface area contributed by atoms with Crippen molar-refractivity contribution in [3.63, 3.8) is 0 Å². The molecule has 4 rings (SSSR count). The van der Waals surface area contributed by atoms with Crippen LogP contribution in [0.3, 0.4) is 0 Å². The Hall–Kier alpha value is -3.02. The standard InChI is InChI=1S/C15H12N6/c1-2-5-12(6-3-1)10-20-14-13(9-16-11-17-14)19-15(20)21-8-4-7-18-21/h1-9,11H,10H2. The van der Waals surface area contributed by atoms with E-state index in [1.54, 1.807) is 23.4 Å². The molecule has 0 saturated heterocycles. The van der Waals surface area contributed by atoms with E-state index in [1.165, 1.54) is 5.56 Å². The van der Waals surface area contributed by atoms with Crippen LogP contribution < -0.4 is 0 Å². The third-order valence-electron chi connectivity index (χ3n) is 3.28. The van der Waals surface area contributed by atoms with Crippen LogP contribution in [0.25, 0.3) is 17.1 Å². The van der Waals surface area contributed by atoms with Crippen LogP contribution in [0.5, 0.6) is 0 Å². The van der Waals surface area contributed by atoms with Gasteiger partial charge in [-0.3, -0.25) is 4.57 Å². The average Bonchev–Trinajstić information content (AvgIpc) is 3.16. The molecule has 0 fully saturated rings. The van der Waals surface area contributed by atoms with E-state index in [2.05, 4.69) is 32.2 Å². The molecule has 0 aliphatic heterocycles. The Balaban J connectivity index is 1.91. The highest BCUT2D eigenvalue weighted by atomic mass is 15.4. The predicted molar refractivity (Wildman–Crippen MR) is 78.0 cm³/mol. The van der Waals surface area contributed by atoms with Crippen LogP contribution >= 0.6 is 0 Å². The van der Waals surface area contributed by atoms with Crippen molar-refractivity contribution in [1.82, 2.24) is 29.3 Å². The molecule has 0 spiro atoms. The molecule has 1 aromatic carbocycles. The summed E-state index contributed by atoms with van der Waals surface area (Å²) in [4.78, 5) is 13.0. The normalized spacial score (nSPS) is 11.0. The molecule has 4 aromatic rings. The summed E-state index contributed by atoms with van der Waals surface area (Å²) in [6, 6.07) is 12.1. The molecule has 3 aromatic heterocycles. The minimum atomic E-state index is 0.684. The molecule has 0 aliphatic carbocycles. The lowest BCUT2D eigenvalue weighted by atomic mass is 10.2. The second-order valence-electron chi connectivity index (χ2n) is 4.67. The number of benzene rings is 1. The van der Waals surface area contributed by atoms with E-state index in [1.807, 2.05) is 35.0 Å². The maximum absolute atomic E-state index is 4.59. The molecule has 21 heavy (non-hydrogen) atoms. The molecule has 6 nitrogen and oxygen atoms in total. The average molecular weight is 276 g/mol. The summed E-state index contributed by atoms with van der Waals surface area (Å²) >= 11 is 0. The van der Waals surface area contributed by atoms with E-state index in [0.717, 1.165) is 17.1 Å². The molecule has 0 unspecified atom stereocenters. The first-order valence-corrected chi connectivity index (χ1v) is 6.62. The van der Waals surface area contributed by atoms with Crippen LogP contribution in [0.1, 0.15) is 5.56 Å². The van der Waals surface area contributed by atoms with E-state index in [0.29, 0.717) is 6.54 Å². The fourth-order valence-electron chi connectivity index (χ4n) is 2.34. The minimum absolute atomic E-state index is 0.684. The monoisotopic (exact) mass is 276 g/mol. The topological polar surface area (TPSA) is 61.4 Å². The Kier molecular flexibility index (Phi) is 2.71. The molecule has 0 aliphatic rings. The van der Waals surface area contributed by atoms with Gasteiger partial charge in [0.25, 0.3) is 0 Å². The van der Waals surface area contributed by atoms with Crippen molar-refractivity contribution in [2.45, 2.75) is 6.54 Å². The number of aromatic nitrogens is 6. The molecule has 0 saturated carbocycles. The highest BCUT2D eigenvalue weighted by Crippen LogP contribution is 2.17. The summed E-state index contributed by atoms with van der Waals surface area (Å²) < 4.78 is 3.78. The van der Waals surface area contributed by atoms with Gasteiger partial charge in [-0.05, 0) is 11.6 Å². The van der Waals surface area contributed by atoms with Crippen LogP contribution in [0.2, 0.25) is 0 Å². The van der Waals surface area contributed by atoms with Gasteiger partial charge in [-0.25, -0.2) is 19.6 Å². The van der Waals surface area contributed by atoms with Crippen molar-refractivity contribution < 1.29 is 0 Å². The quantitative estimate of drug-likeness (QED) is 0.574. The number of fused-ring (bicyclic) bond motifs is 1. The third-order valence-corrected chi connectivity index (χ3v) is 3.28. The zero-order valence-corrected chi connectivity index (χ0v) is 11.2. The van der Waals surface area contributed by atoms with Gasteiger partial charge in [0, 0.05) is 12.4 Å². The number of imidazole rings is 1. The largest absolute Gasteiger partial charge is 0.288 e. The lowest BCUT2D eigenvalue weighted by Gasteiger charge is -2.08. The zero-order valence-electron chi connectivity index (χ0n) is 11.2. The Labute approximate surface area is 120 Å². The van der Waals surface area contributed by atoms with Crippen LogP contribution in [-0.4, -0.2) is 29.3 Å². The van der Waals surface area contributed by atoms with Crippen molar-refractivity contribution in [2.24, 2.45) is 0 Å². The van der Waals surface area contributed by atoms with Crippen molar-refractivity contribution in [1.29, 1.82) is 0 Å². The van der Waals surface area contributed by atoms with Crippen LogP contribution in [0, 0.1) is 0 Å². The highest BCUT2D eigenvalue weighted by molar-refractivity contribution is 5.71. The fourth-order valence-corrected chi connectivity index (χ4v) is 2.34. The van der Waals surface area contributed by atoms with Gasteiger partial charge >= 0.3 is 0 Å². The van der Waals surface area contributed by atoms with E-state index < -0.39 is 0 Å². The van der Waals surface area contributed by atoms with Crippen LogP contribution in [0.4, 0.5) is 0 Å². The number of hydrogen-bond acceptors (Lipinski definition) is 4. The second-order valence-corrected chi connectivity index (χ2v) is 4.67. The first kappa shape index (κ1) is 11.8. The van der Waals surface area contributed by atoms with E-state index >= 15 is 0 Å². The predicted octanol–water partition coefficient (Wildman–Crippen LogP) is 2.06. The van der Waals surface area contributed by atoms with Gasteiger partial charge in [0.1, 0.15) is 11.8 Å². The van der Waals surface area contributed by atoms with Gasteiger partial charge in [0.2, 0.25) is 5.95 Å². The van der Waals surface area contributed by atoms with Gasteiger partial charge in [-0.15, -0.1) is 0 Å². The Morgan fingerprint density at radius 2 is 1.95 bits per heavy atom. The summed E-state index contributed by atoms with van der Waals surface area (Å²) in [7, 11) is 0. The zero-order chi connectivity index (χ0) is 14.1. The van der Waals surface area contributed by atoms with E-state index in [9.17, 15) is 0 Å². The highest BCUT2D eigenvalue weighted by Gasteiger charge is 2.14. The van der Waals surface area contributed by atoms with Gasteiger partial charge in [-0.2, -0.15) is 5.10 Å².